The molecule has 3 N–H and O–H groups in total. The van der Waals surface area contributed by atoms with Crippen molar-refractivity contribution in [2.45, 2.75) is 25.2 Å². The van der Waals surface area contributed by atoms with Crippen LogP contribution in [0.1, 0.15) is 6.92 Å². The van der Waals surface area contributed by atoms with Gasteiger partial charge in [-0.1, -0.05) is 0 Å². The lowest BCUT2D eigenvalue weighted by Crippen LogP contribution is -2.52. The summed E-state index contributed by atoms with van der Waals surface area (Å²) in [7, 11) is 1.33. The minimum atomic E-state index is -1.51. The van der Waals surface area contributed by atoms with E-state index in [1.165, 1.54) is 14.0 Å². The molecule has 0 aromatic rings. The van der Waals surface area contributed by atoms with Crippen LogP contribution in [-0.4, -0.2) is 64.3 Å². The topological polar surface area (TPSA) is 98.1 Å². The van der Waals surface area contributed by atoms with E-state index in [1.54, 1.807) is 0 Å². The maximum Gasteiger partial charge on any atom is 0.219 e. The van der Waals surface area contributed by atoms with Gasteiger partial charge in [-0.25, -0.2) is 0 Å². The van der Waals surface area contributed by atoms with E-state index in [1.807, 2.05) is 0 Å². The summed E-state index contributed by atoms with van der Waals surface area (Å²) in [4.78, 5) is 22.3. The molecular formula is C8H15NO5. The fourth-order valence-corrected chi connectivity index (χ4v) is 1.11. The van der Waals surface area contributed by atoms with Crippen molar-refractivity contribution < 1.29 is 24.9 Å². The van der Waals surface area contributed by atoms with Crippen molar-refractivity contribution in [2.75, 3.05) is 13.7 Å². The fraction of sp³-hybridized carbons (Fsp3) is 0.750. The number of hydrogen-bond donors (Lipinski definition) is 3. The third kappa shape index (κ3) is 3.06. The van der Waals surface area contributed by atoms with Crippen molar-refractivity contribution >= 4 is 12.2 Å². The highest BCUT2D eigenvalue weighted by atomic mass is 16.3. The number of hydrogen-bond acceptors (Lipinski definition) is 5. The van der Waals surface area contributed by atoms with E-state index in [-0.39, 0.29) is 6.29 Å². The first kappa shape index (κ1) is 13.0. The Morgan fingerprint density at radius 3 is 2.29 bits per heavy atom. The molecule has 0 aromatic heterocycles. The van der Waals surface area contributed by atoms with E-state index < -0.39 is 30.8 Å². The molecule has 0 unspecified atom stereocenters. The van der Waals surface area contributed by atoms with E-state index in [0.717, 1.165) is 4.90 Å². The number of carbonyl (C=O) groups is 2. The van der Waals surface area contributed by atoms with Crippen LogP contribution < -0.4 is 0 Å². The summed E-state index contributed by atoms with van der Waals surface area (Å²) in [6, 6.07) is -1.12. The molecule has 0 spiro atoms. The van der Waals surface area contributed by atoms with Crippen LogP contribution in [0.4, 0.5) is 0 Å². The molecule has 0 radical (unpaired) electrons. The minimum Gasteiger partial charge on any atom is -0.394 e. The van der Waals surface area contributed by atoms with Gasteiger partial charge in [0.15, 0.2) is 6.29 Å². The molecule has 6 nitrogen and oxygen atoms in total. The Morgan fingerprint density at radius 1 is 1.50 bits per heavy atom. The van der Waals surface area contributed by atoms with E-state index in [2.05, 4.69) is 0 Å². The Hall–Kier alpha value is -0.980. The summed E-state index contributed by atoms with van der Waals surface area (Å²) < 4.78 is 0. The Kier molecular flexibility index (Phi) is 5.29. The van der Waals surface area contributed by atoms with E-state index >= 15 is 0 Å². The quantitative estimate of drug-likeness (QED) is 0.440. The largest absolute Gasteiger partial charge is 0.394 e. The second-order valence-electron chi connectivity index (χ2n) is 3.00. The molecule has 0 aliphatic carbocycles. The zero-order valence-corrected chi connectivity index (χ0v) is 8.12. The van der Waals surface area contributed by atoms with Crippen molar-refractivity contribution in [1.82, 2.24) is 4.90 Å². The van der Waals surface area contributed by atoms with Gasteiger partial charge in [-0.15, -0.1) is 0 Å². The Bertz CT molecular complexity index is 208. The fourth-order valence-electron chi connectivity index (χ4n) is 1.11. The van der Waals surface area contributed by atoms with Crippen LogP contribution in [0.5, 0.6) is 0 Å². The van der Waals surface area contributed by atoms with E-state index in [4.69, 9.17) is 5.11 Å². The smallest absolute Gasteiger partial charge is 0.219 e. The predicted molar refractivity (Wildman–Crippen MR) is 47.4 cm³/mol. The van der Waals surface area contributed by atoms with Crippen LogP contribution in [0.25, 0.3) is 0 Å². The van der Waals surface area contributed by atoms with Gasteiger partial charge in [0.2, 0.25) is 5.91 Å². The Balaban J connectivity index is 4.70. The lowest BCUT2D eigenvalue weighted by Gasteiger charge is -2.31. The standard InChI is InChI=1S/C8H15NO5/c1-5(12)9(2)8(6(13)3-10)7(14)4-11/h3,6-8,11,13-14H,4H2,1-2H3/t6-,7-,8+/m0/s1. The van der Waals surface area contributed by atoms with Crippen molar-refractivity contribution in [3.8, 4) is 0 Å². The van der Waals surface area contributed by atoms with Crippen LogP contribution in [-0.2, 0) is 9.59 Å². The second kappa shape index (κ2) is 5.69. The number of nitrogens with zero attached hydrogens (tertiary/aromatic N) is 1. The molecule has 82 valence electrons. The van der Waals surface area contributed by atoms with Crippen molar-refractivity contribution in [3.05, 3.63) is 0 Å². The van der Waals surface area contributed by atoms with Gasteiger partial charge in [-0.2, -0.15) is 0 Å². The molecule has 0 aliphatic heterocycles. The highest BCUT2D eigenvalue weighted by Gasteiger charge is 2.31. The first-order valence-electron chi connectivity index (χ1n) is 4.11. The summed E-state index contributed by atoms with van der Waals surface area (Å²) in [5, 5.41) is 27.1. The van der Waals surface area contributed by atoms with Gasteiger partial charge in [-0.3, -0.25) is 4.79 Å². The van der Waals surface area contributed by atoms with E-state index in [0.29, 0.717) is 0 Å². The lowest BCUT2D eigenvalue weighted by molar-refractivity contribution is -0.139. The number of rotatable bonds is 5. The molecule has 1 amide bonds. The van der Waals surface area contributed by atoms with E-state index in [9.17, 15) is 19.8 Å². The molecule has 0 saturated carbocycles. The van der Waals surface area contributed by atoms with Crippen molar-refractivity contribution in [1.29, 1.82) is 0 Å². The average molecular weight is 205 g/mol. The lowest BCUT2D eigenvalue weighted by atomic mass is 10.0. The van der Waals surface area contributed by atoms with Crippen LogP contribution in [0.3, 0.4) is 0 Å². The maximum absolute atomic E-state index is 10.9. The number of aldehydes is 1. The summed E-state index contributed by atoms with van der Waals surface area (Å²) >= 11 is 0. The van der Waals surface area contributed by atoms with Gasteiger partial charge >= 0.3 is 0 Å². The maximum atomic E-state index is 10.9. The monoisotopic (exact) mass is 205 g/mol. The molecule has 14 heavy (non-hydrogen) atoms. The van der Waals surface area contributed by atoms with Crippen LogP contribution in [0, 0.1) is 0 Å². The van der Waals surface area contributed by atoms with Crippen molar-refractivity contribution in [3.63, 3.8) is 0 Å². The van der Waals surface area contributed by atoms with Crippen LogP contribution in [0.2, 0.25) is 0 Å². The third-order valence-corrected chi connectivity index (χ3v) is 2.01. The summed E-state index contributed by atoms with van der Waals surface area (Å²) in [5.74, 6) is -0.414. The zero-order valence-electron chi connectivity index (χ0n) is 8.12. The number of aliphatic hydroxyl groups excluding tert-OH is 3. The first-order valence-corrected chi connectivity index (χ1v) is 4.11. The molecule has 6 heteroatoms. The molecular weight excluding hydrogens is 190 g/mol. The molecule has 0 heterocycles. The summed E-state index contributed by atoms with van der Waals surface area (Å²) in [6.45, 7) is 0.599. The van der Waals surface area contributed by atoms with Gasteiger partial charge in [0.1, 0.15) is 12.2 Å². The molecule has 0 aromatic carbocycles. The van der Waals surface area contributed by atoms with Gasteiger partial charge < -0.3 is 25.0 Å². The molecule has 0 fully saturated rings. The molecule has 0 aliphatic rings. The molecule has 0 saturated heterocycles. The number of carbonyl (C=O) groups excluding carboxylic acids is 2. The molecule has 3 atom stereocenters. The summed E-state index contributed by atoms with van der Waals surface area (Å²) in [6.07, 6.45) is -2.64. The molecule has 0 rings (SSSR count). The van der Waals surface area contributed by atoms with Gasteiger partial charge in [0, 0.05) is 14.0 Å². The third-order valence-electron chi connectivity index (χ3n) is 2.01. The van der Waals surface area contributed by atoms with Gasteiger partial charge in [0.25, 0.3) is 0 Å². The van der Waals surface area contributed by atoms with Crippen molar-refractivity contribution in [2.24, 2.45) is 0 Å². The first-order chi connectivity index (χ1) is 6.45. The highest BCUT2D eigenvalue weighted by Crippen LogP contribution is 2.07. The second-order valence-corrected chi connectivity index (χ2v) is 3.00. The number of likely N-dealkylation sites (N-methyl/N-ethyl adjacent to an activating group) is 1. The normalized spacial score (nSPS) is 16.9. The minimum absolute atomic E-state index is 0.211. The Labute approximate surface area is 81.8 Å². The number of amides is 1. The highest BCUT2D eigenvalue weighted by molar-refractivity contribution is 5.74. The molecule has 0 bridgehead atoms. The summed E-state index contributed by atoms with van der Waals surface area (Å²) in [5.41, 5.74) is 0. The number of aliphatic hydroxyl groups is 3. The van der Waals surface area contributed by atoms with Crippen LogP contribution >= 0.6 is 0 Å². The van der Waals surface area contributed by atoms with Gasteiger partial charge in [0.05, 0.1) is 12.6 Å². The zero-order chi connectivity index (χ0) is 11.3. The Morgan fingerprint density at radius 2 is 2.00 bits per heavy atom. The SMILES string of the molecule is CC(=O)N(C)[C@H]([C@@H](O)C=O)[C@@H](O)CO. The predicted octanol–water partition coefficient (Wildman–Crippen LogP) is -2.25. The van der Waals surface area contributed by atoms with Crippen LogP contribution in [0.15, 0.2) is 0 Å². The van der Waals surface area contributed by atoms with Gasteiger partial charge in [-0.05, 0) is 0 Å². The average Bonchev–Trinajstić information content (AvgIpc) is 2.16.